The Balaban J connectivity index is 1.47. The van der Waals surface area contributed by atoms with Gasteiger partial charge in [0.25, 0.3) is 0 Å². The largest absolute Gasteiger partial charge is 0.478 e. The van der Waals surface area contributed by atoms with Gasteiger partial charge in [-0.15, -0.1) is 0 Å². The molecule has 4 N–H and O–H groups in total. The molecule has 0 bridgehead atoms. The van der Waals surface area contributed by atoms with Crippen LogP contribution in [0, 0.1) is 0 Å². The van der Waals surface area contributed by atoms with Crippen molar-refractivity contribution in [2.75, 3.05) is 0 Å². The Kier molecular flexibility index (Phi) is 7.34. The minimum Gasteiger partial charge on any atom is -0.478 e. The van der Waals surface area contributed by atoms with Gasteiger partial charge in [-0.3, -0.25) is 0 Å². The van der Waals surface area contributed by atoms with E-state index in [4.69, 9.17) is 0 Å². The standard InChI is InChI=1S/C30H22O8/c31-27(32)23-11-21(12-24(15-23)28(33)34)19-7-3-17(4-8-19)1-2-18-5-9-20(10-6-18)22-13-25(29(35)36)16-26(14-22)30(37)38/h3-16H,1-2H2,(H,31,32)(H,33,34)(H,35,36)(H,37,38). The monoisotopic (exact) mass is 510 g/mol. The molecular weight excluding hydrogens is 488 g/mol. The molecule has 190 valence electrons. The van der Waals surface area contributed by atoms with Crippen molar-refractivity contribution in [1.82, 2.24) is 0 Å². The summed E-state index contributed by atoms with van der Waals surface area (Å²) in [6.45, 7) is 0. The zero-order chi connectivity index (χ0) is 27.4. The average Bonchev–Trinajstić information content (AvgIpc) is 2.91. The molecule has 0 aliphatic rings. The van der Waals surface area contributed by atoms with E-state index >= 15 is 0 Å². The predicted molar refractivity (Wildman–Crippen MR) is 139 cm³/mol. The van der Waals surface area contributed by atoms with Crippen LogP contribution < -0.4 is 0 Å². The normalized spacial score (nSPS) is 10.6. The van der Waals surface area contributed by atoms with Gasteiger partial charge in [-0.2, -0.15) is 0 Å². The van der Waals surface area contributed by atoms with Gasteiger partial charge >= 0.3 is 23.9 Å². The minimum absolute atomic E-state index is 0.0960. The van der Waals surface area contributed by atoms with Gasteiger partial charge in [0.05, 0.1) is 22.3 Å². The molecule has 8 nitrogen and oxygen atoms in total. The Morgan fingerprint density at radius 1 is 0.395 bits per heavy atom. The second-order valence-electron chi connectivity index (χ2n) is 8.71. The second-order valence-corrected chi connectivity index (χ2v) is 8.71. The first kappa shape index (κ1) is 25.8. The Labute approximate surface area is 217 Å². The third kappa shape index (κ3) is 5.93. The molecule has 0 saturated carbocycles. The van der Waals surface area contributed by atoms with Crippen molar-refractivity contribution < 1.29 is 39.6 Å². The molecule has 0 aliphatic heterocycles. The molecule has 0 aliphatic carbocycles. The molecule has 0 spiro atoms. The molecule has 4 aromatic rings. The highest BCUT2D eigenvalue weighted by molar-refractivity contribution is 5.97. The first-order chi connectivity index (χ1) is 18.1. The molecule has 4 rings (SSSR count). The maximum Gasteiger partial charge on any atom is 0.335 e. The summed E-state index contributed by atoms with van der Waals surface area (Å²) in [4.78, 5) is 45.5. The number of aryl methyl sites for hydroxylation is 2. The molecule has 8 heteroatoms. The van der Waals surface area contributed by atoms with Crippen molar-refractivity contribution in [1.29, 1.82) is 0 Å². The Morgan fingerprint density at radius 2 is 0.658 bits per heavy atom. The van der Waals surface area contributed by atoms with E-state index in [1.54, 1.807) is 0 Å². The third-order valence-electron chi connectivity index (χ3n) is 6.13. The summed E-state index contributed by atoms with van der Waals surface area (Å²) < 4.78 is 0. The van der Waals surface area contributed by atoms with Crippen LogP contribution >= 0.6 is 0 Å². The number of carboxylic acid groups (broad SMARTS) is 4. The molecule has 0 amide bonds. The molecule has 0 radical (unpaired) electrons. The average molecular weight is 510 g/mol. The first-order valence-corrected chi connectivity index (χ1v) is 11.5. The van der Waals surface area contributed by atoms with Gasteiger partial charge in [0.2, 0.25) is 0 Å². The van der Waals surface area contributed by atoms with E-state index in [2.05, 4.69) is 0 Å². The molecular formula is C30H22O8. The van der Waals surface area contributed by atoms with Crippen molar-refractivity contribution in [2.24, 2.45) is 0 Å². The summed E-state index contributed by atoms with van der Waals surface area (Å²) in [5.74, 6) is -4.80. The molecule has 4 aromatic carbocycles. The van der Waals surface area contributed by atoms with Crippen LogP contribution in [0.4, 0.5) is 0 Å². The van der Waals surface area contributed by atoms with E-state index in [9.17, 15) is 39.6 Å². The number of rotatable bonds is 9. The van der Waals surface area contributed by atoms with Crippen molar-refractivity contribution in [3.8, 4) is 22.3 Å². The van der Waals surface area contributed by atoms with Crippen molar-refractivity contribution in [3.05, 3.63) is 118 Å². The quantitative estimate of drug-likeness (QED) is 0.227. The lowest BCUT2D eigenvalue weighted by Gasteiger charge is -2.09. The van der Waals surface area contributed by atoms with Gasteiger partial charge in [-0.25, -0.2) is 19.2 Å². The maximum atomic E-state index is 11.4. The molecule has 0 saturated heterocycles. The summed E-state index contributed by atoms with van der Waals surface area (Å²) in [7, 11) is 0. The second kappa shape index (κ2) is 10.8. The lowest BCUT2D eigenvalue weighted by atomic mass is 9.96. The Morgan fingerprint density at radius 3 is 0.895 bits per heavy atom. The van der Waals surface area contributed by atoms with E-state index in [1.807, 2.05) is 48.5 Å². The van der Waals surface area contributed by atoms with Crippen LogP contribution in [0.3, 0.4) is 0 Å². The van der Waals surface area contributed by atoms with Crippen LogP contribution in [0.1, 0.15) is 52.6 Å². The third-order valence-corrected chi connectivity index (χ3v) is 6.13. The van der Waals surface area contributed by atoms with E-state index in [1.165, 1.54) is 24.3 Å². The fourth-order valence-corrected chi connectivity index (χ4v) is 4.10. The van der Waals surface area contributed by atoms with Crippen LogP contribution in [0.2, 0.25) is 0 Å². The number of hydrogen-bond donors (Lipinski definition) is 4. The van der Waals surface area contributed by atoms with Gasteiger partial charge in [-0.05, 0) is 82.6 Å². The molecule has 0 fully saturated rings. The van der Waals surface area contributed by atoms with E-state index in [0.717, 1.165) is 23.3 Å². The fraction of sp³-hybridized carbons (Fsp3) is 0.0667. The Hall–Kier alpha value is -5.24. The predicted octanol–water partition coefficient (Wildman–Crippen LogP) is 5.60. The van der Waals surface area contributed by atoms with Crippen LogP contribution in [0.5, 0.6) is 0 Å². The molecule has 0 atom stereocenters. The minimum atomic E-state index is -1.20. The lowest BCUT2D eigenvalue weighted by Crippen LogP contribution is -2.03. The van der Waals surface area contributed by atoms with Gasteiger partial charge in [-0.1, -0.05) is 48.5 Å². The van der Waals surface area contributed by atoms with Gasteiger partial charge < -0.3 is 20.4 Å². The number of carbonyl (C=O) groups is 4. The number of benzene rings is 4. The number of carboxylic acids is 4. The van der Waals surface area contributed by atoms with Gasteiger partial charge in [0.15, 0.2) is 0 Å². The van der Waals surface area contributed by atoms with Crippen LogP contribution in [0.15, 0.2) is 84.9 Å². The highest BCUT2D eigenvalue weighted by Gasteiger charge is 2.14. The SMILES string of the molecule is O=C(O)c1cc(C(=O)O)cc(-c2ccc(CCc3ccc(-c4cc(C(=O)O)cc(C(=O)O)c4)cc3)cc2)c1. The van der Waals surface area contributed by atoms with E-state index in [-0.39, 0.29) is 22.3 Å². The Bertz CT molecular complexity index is 1370. The first-order valence-electron chi connectivity index (χ1n) is 11.5. The van der Waals surface area contributed by atoms with Crippen molar-refractivity contribution >= 4 is 23.9 Å². The highest BCUT2D eigenvalue weighted by Crippen LogP contribution is 2.26. The summed E-state index contributed by atoms with van der Waals surface area (Å²) in [6.07, 6.45) is 1.43. The van der Waals surface area contributed by atoms with Crippen LogP contribution in [-0.2, 0) is 12.8 Å². The van der Waals surface area contributed by atoms with Gasteiger partial charge in [0, 0.05) is 0 Å². The van der Waals surface area contributed by atoms with Crippen LogP contribution in [-0.4, -0.2) is 44.3 Å². The molecule has 38 heavy (non-hydrogen) atoms. The maximum absolute atomic E-state index is 11.4. The van der Waals surface area contributed by atoms with Gasteiger partial charge in [0.1, 0.15) is 0 Å². The molecule has 0 aromatic heterocycles. The number of aromatic carboxylic acids is 4. The fourth-order valence-electron chi connectivity index (χ4n) is 4.10. The molecule has 0 heterocycles. The van der Waals surface area contributed by atoms with Crippen molar-refractivity contribution in [3.63, 3.8) is 0 Å². The highest BCUT2D eigenvalue weighted by atomic mass is 16.4. The summed E-state index contributed by atoms with van der Waals surface area (Å²) in [6, 6.07) is 22.9. The lowest BCUT2D eigenvalue weighted by molar-refractivity contribution is 0.0676. The van der Waals surface area contributed by atoms with Crippen LogP contribution in [0.25, 0.3) is 22.3 Å². The number of hydrogen-bond acceptors (Lipinski definition) is 4. The molecule has 0 unspecified atom stereocenters. The zero-order valence-electron chi connectivity index (χ0n) is 19.9. The summed E-state index contributed by atoms with van der Waals surface area (Å²) in [5.41, 5.74) is 4.09. The topological polar surface area (TPSA) is 149 Å². The van der Waals surface area contributed by atoms with E-state index < -0.39 is 23.9 Å². The van der Waals surface area contributed by atoms with E-state index in [0.29, 0.717) is 35.1 Å². The zero-order valence-corrected chi connectivity index (χ0v) is 19.9. The summed E-state index contributed by atoms with van der Waals surface area (Å²) in [5, 5.41) is 37.2. The van der Waals surface area contributed by atoms with Crippen molar-refractivity contribution in [2.45, 2.75) is 12.8 Å². The smallest absolute Gasteiger partial charge is 0.335 e. The summed E-state index contributed by atoms with van der Waals surface area (Å²) >= 11 is 0.